The molecule has 0 bridgehead atoms. The number of hydrogen-bond donors (Lipinski definition) is 1. The average Bonchev–Trinajstić information content (AvgIpc) is 2.74. The van der Waals surface area contributed by atoms with E-state index in [-0.39, 0.29) is 13.0 Å². The van der Waals surface area contributed by atoms with Crippen molar-refractivity contribution in [1.82, 2.24) is 4.57 Å². The summed E-state index contributed by atoms with van der Waals surface area (Å²) in [6.07, 6.45) is -2.27. The second-order valence-corrected chi connectivity index (χ2v) is 4.98. The number of hydrogen-bond acceptors (Lipinski definition) is 1. The zero-order chi connectivity index (χ0) is 15.5. The summed E-state index contributed by atoms with van der Waals surface area (Å²) in [7, 11) is 0. The van der Waals surface area contributed by atoms with Crippen molar-refractivity contribution >= 4 is 16.9 Å². The number of fused-ring (bicyclic) bond motifs is 1. The molecule has 21 heavy (non-hydrogen) atoms. The van der Waals surface area contributed by atoms with Crippen molar-refractivity contribution in [3.05, 3.63) is 36.0 Å². The van der Waals surface area contributed by atoms with Gasteiger partial charge in [0, 0.05) is 30.1 Å². The van der Waals surface area contributed by atoms with E-state index in [1.165, 1.54) is 0 Å². The number of carbonyl (C=O) groups is 1. The normalized spacial score (nSPS) is 12.0. The lowest BCUT2D eigenvalue weighted by molar-refractivity contribution is -0.137. The Bertz CT molecular complexity index is 631. The molecule has 2 rings (SSSR count). The van der Waals surface area contributed by atoms with E-state index in [1.54, 1.807) is 22.9 Å². The Morgan fingerprint density at radius 1 is 1.24 bits per heavy atom. The summed E-state index contributed by atoms with van der Waals surface area (Å²) < 4.78 is 38.7. The number of carboxylic acid groups (broad SMARTS) is 1. The Labute approximate surface area is 120 Å². The number of aryl methyl sites for hydroxylation is 2. The summed E-state index contributed by atoms with van der Waals surface area (Å²) in [5.41, 5.74) is 1.65. The highest BCUT2D eigenvalue weighted by molar-refractivity contribution is 5.84. The van der Waals surface area contributed by atoms with Gasteiger partial charge in [-0.25, -0.2) is 0 Å². The van der Waals surface area contributed by atoms with Gasteiger partial charge in [0.15, 0.2) is 0 Å². The Hall–Kier alpha value is -1.98. The SMILES string of the molecule is O=C(O)CCCc1cn(CCC(F)(F)F)c2ccccc12. The lowest BCUT2D eigenvalue weighted by Crippen LogP contribution is -2.11. The van der Waals surface area contributed by atoms with E-state index in [9.17, 15) is 18.0 Å². The molecule has 0 fully saturated rings. The van der Waals surface area contributed by atoms with Crippen molar-refractivity contribution in [1.29, 1.82) is 0 Å². The third-order valence-corrected chi connectivity index (χ3v) is 3.34. The van der Waals surface area contributed by atoms with Crippen molar-refractivity contribution in [2.45, 2.75) is 38.4 Å². The quantitative estimate of drug-likeness (QED) is 0.876. The Morgan fingerprint density at radius 3 is 2.62 bits per heavy atom. The molecule has 0 amide bonds. The van der Waals surface area contributed by atoms with Gasteiger partial charge in [0.25, 0.3) is 0 Å². The first-order valence-corrected chi connectivity index (χ1v) is 6.72. The fourth-order valence-electron chi connectivity index (χ4n) is 2.38. The summed E-state index contributed by atoms with van der Waals surface area (Å²) in [4.78, 5) is 10.5. The number of alkyl halides is 3. The van der Waals surface area contributed by atoms with Gasteiger partial charge >= 0.3 is 12.1 Å². The van der Waals surface area contributed by atoms with Crippen LogP contribution in [0.5, 0.6) is 0 Å². The number of carboxylic acids is 1. The number of aromatic nitrogens is 1. The van der Waals surface area contributed by atoms with Crippen molar-refractivity contribution < 1.29 is 23.1 Å². The molecule has 3 nitrogen and oxygen atoms in total. The molecular weight excluding hydrogens is 283 g/mol. The molecule has 1 N–H and O–H groups in total. The van der Waals surface area contributed by atoms with Crippen LogP contribution in [-0.4, -0.2) is 21.8 Å². The van der Waals surface area contributed by atoms with Crippen molar-refractivity contribution in [2.75, 3.05) is 0 Å². The minimum atomic E-state index is -4.19. The molecule has 0 spiro atoms. The van der Waals surface area contributed by atoms with Crippen LogP contribution in [0.25, 0.3) is 10.9 Å². The number of halogens is 3. The largest absolute Gasteiger partial charge is 0.481 e. The molecule has 0 aliphatic heterocycles. The van der Waals surface area contributed by atoms with Crippen LogP contribution in [0.15, 0.2) is 30.5 Å². The summed E-state index contributed by atoms with van der Waals surface area (Å²) in [6.45, 7) is -0.122. The summed E-state index contributed by atoms with van der Waals surface area (Å²) in [5.74, 6) is -0.865. The molecule has 0 saturated heterocycles. The van der Waals surface area contributed by atoms with E-state index in [1.807, 2.05) is 12.1 Å². The van der Waals surface area contributed by atoms with E-state index in [0.29, 0.717) is 12.8 Å². The highest BCUT2D eigenvalue weighted by Crippen LogP contribution is 2.26. The second-order valence-electron chi connectivity index (χ2n) is 4.98. The van der Waals surface area contributed by atoms with Crippen LogP contribution in [0.3, 0.4) is 0 Å². The molecule has 0 saturated carbocycles. The predicted molar refractivity (Wildman–Crippen MR) is 73.2 cm³/mol. The van der Waals surface area contributed by atoms with E-state index >= 15 is 0 Å². The van der Waals surface area contributed by atoms with Crippen LogP contribution in [0, 0.1) is 0 Å². The highest BCUT2D eigenvalue weighted by Gasteiger charge is 2.27. The fourth-order valence-corrected chi connectivity index (χ4v) is 2.38. The van der Waals surface area contributed by atoms with Gasteiger partial charge in [0.05, 0.1) is 6.42 Å². The van der Waals surface area contributed by atoms with E-state index in [4.69, 9.17) is 5.11 Å². The smallest absolute Gasteiger partial charge is 0.390 e. The standard InChI is InChI=1S/C15H16F3NO2/c16-15(17,18)8-9-19-10-11(4-3-7-14(20)21)12-5-1-2-6-13(12)19/h1-2,5-6,10H,3-4,7-9H2,(H,20,21). The highest BCUT2D eigenvalue weighted by atomic mass is 19.4. The van der Waals surface area contributed by atoms with Crippen molar-refractivity contribution in [3.8, 4) is 0 Å². The third-order valence-electron chi connectivity index (χ3n) is 3.34. The zero-order valence-electron chi connectivity index (χ0n) is 11.4. The first kappa shape index (κ1) is 15.4. The fraction of sp³-hybridized carbons (Fsp3) is 0.400. The lowest BCUT2D eigenvalue weighted by Gasteiger charge is -2.08. The molecule has 1 aromatic heterocycles. The molecule has 0 atom stereocenters. The van der Waals surface area contributed by atoms with Gasteiger partial charge < -0.3 is 9.67 Å². The van der Waals surface area contributed by atoms with Crippen LogP contribution in [0.1, 0.15) is 24.8 Å². The first-order chi connectivity index (χ1) is 9.87. The predicted octanol–water partition coefficient (Wildman–Crippen LogP) is 4.00. The van der Waals surface area contributed by atoms with Gasteiger partial charge in [-0.2, -0.15) is 13.2 Å². The maximum Gasteiger partial charge on any atom is 0.390 e. The molecule has 2 aromatic rings. The van der Waals surface area contributed by atoms with Crippen LogP contribution in [-0.2, 0) is 17.8 Å². The summed E-state index contributed by atoms with van der Waals surface area (Å²) in [6, 6.07) is 7.26. The number of rotatable bonds is 6. The molecule has 1 heterocycles. The molecule has 114 valence electrons. The molecule has 1 aromatic carbocycles. The summed E-state index contributed by atoms with van der Waals surface area (Å²) in [5, 5.41) is 9.55. The minimum Gasteiger partial charge on any atom is -0.481 e. The van der Waals surface area contributed by atoms with E-state index < -0.39 is 18.6 Å². The van der Waals surface area contributed by atoms with Crippen LogP contribution >= 0.6 is 0 Å². The minimum absolute atomic E-state index is 0.0576. The lowest BCUT2D eigenvalue weighted by atomic mass is 10.1. The van der Waals surface area contributed by atoms with Crippen molar-refractivity contribution in [2.24, 2.45) is 0 Å². The molecule has 6 heteroatoms. The van der Waals surface area contributed by atoms with Crippen LogP contribution in [0.2, 0.25) is 0 Å². The van der Waals surface area contributed by atoms with Gasteiger partial charge in [-0.1, -0.05) is 18.2 Å². The first-order valence-electron chi connectivity index (χ1n) is 6.72. The van der Waals surface area contributed by atoms with Gasteiger partial charge in [-0.3, -0.25) is 4.79 Å². The molecule has 0 unspecified atom stereocenters. The second kappa shape index (κ2) is 6.20. The van der Waals surface area contributed by atoms with Gasteiger partial charge in [-0.15, -0.1) is 0 Å². The number of benzene rings is 1. The Morgan fingerprint density at radius 2 is 1.95 bits per heavy atom. The number of aliphatic carboxylic acids is 1. The maximum atomic E-state index is 12.4. The number of para-hydroxylation sites is 1. The summed E-state index contributed by atoms with van der Waals surface area (Å²) >= 11 is 0. The van der Waals surface area contributed by atoms with Crippen molar-refractivity contribution in [3.63, 3.8) is 0 Å². The Kier molecular flexibility index (Phi) is 4.55. The monoisotopic (exact) mass is 299 g/mol. The maximum absolute atomic E-state index is 12.4. The van der Waals surface area contributed by atoms with Crippen LogP contribution < -0.4 is 0 Å². The molecule has 0 aliphatic carbocycles. The number of nitrogens with zero attached hydrogens (tertiary/aromatic N) is 1. The van der Waals surface area contributed by atoms with Gasteiger partial charge in [-0.05, 0) is 24.5 Å². The molecular formula is C15H16F3NO2. The molecule has 0 radical (unpaired) electrons. The third kappa shape index (κ3) is 4.24. The van der Waals surface area contributed by atoms with E-state index in [0.717, 1.165) is 16.5 Å². The average molecular weight is 299 g/mol. The topological polar surface area (TPSA) is 42.2 Å². The molecule has 0 aliphatic rings. The van der Waals surface area contributed by atoms with Crippen LogP contribution in [0.4, 0.5) is 13.2 Å². The Balaban J connectivity index is 2.19. The van der Waals surface area contributed by atoms with Gasteiger partial charge in [0.1, 0.15) is 0 Å². The zero-order valence-corrected chi connectivity index (χ0v) is 11.4. The van der Waals surface area contributed by atoms with Gasteiger partial charge in [0.2, 0.25) is 0 Å². The van der Waals surface area contributed by atoms with E-state index in [2.05, 4.69) is 0 Å².